The predicted octanol–water partition coefficient (Wildman–Crippen LogP) is 6.13. The normalized spacial score (nSPS) is 17.7. The number of Topliss-reactive ketones (excluding diaryl/α,β-unsaturated/α-hetero) is 1. The zero-order valence-corrected chi connectivity index (χ0v) is 24.3. The number of nitrogens with zero attached hydrogens (tertiary/aromatic N) is 2. The molecule has 1 amide bonds. The number of ether oxygens (including phenoxy) is 4. The molecule has 1 unspecified atom stereocenters. The van der Waals surface area contributed by atoms with E-state index in [-0.39, 0.29) is 11.3 Å². The van der Waals surface area contributed by atoms with Crippen molar-refractivity contribution in [1.82, 2.24) is 4.98 Å². The predicted molar refractivity (Wildman–Crippen MR) is 160 cm³/mol. The summed E-state index contributed by atoms with van der Waals surface area (Å²) in [6.07, 6.45) is 0.877. The van der Waals surface area contributed by atoms with Gasteiger partial charge in [0.25, 0.3) is 5.78 Å². The average molecular weight is 587 g/mol. The molecular weight excluding hydrogens is 556 g/mol. The van der Waals surface area contributed by atoms with Crippen molar-refractivity contribution >= 4 is 44.1 Å². The van der Waals surface area contributed by atoms with Gasteiger partial charge >= 0.3 is 5.91 Å². The Labute approximate surface area is 246 Å². The van der Waals surface area contributed by atoms with Crippen molar-refractivity contribution in [3.63, 3.8) is 0 Å². The van der Waals surface area contributed by atoms with E-state index < -0.39 is 17.7 Å². The van der Waals surface area contributed by atoms with Crippen LogP contribution in [-0.4, -0.2) is 48.7 Å². The van der Waals surface area contributed by atoms with Gasteiger partial charge in [-0.1, -0.05) is 37.3 Å². The first-order valence-corrected chi connectivity index (χ1v) is 14.5. The lowest BCUT2D eigenvalue weighted by Crippen LogP contribution is -2.29. The number of rotatable bonds is 8. The van der Waals surface area contributed by atoms with Gasteiger partial charge in [-0.2, -0.15) is 0 Å². The number of thiazole rings is 1. The Kier molecular flexibility index (Phi) is 7.47. The van der Waals surface area contributed by atoms with Crippen LogP contribution in [0.15, 0.2) is 66.2 Å². The molecule has 0 aliphatic carbocycles. The first-order chi connectivity index (χ1) is 20.3. The molecule has 1 saturated heterocycles. The molecule has 3 aromatic carbocycles. The van der Waals surface area contributed by atoms with Crippen LogP contribution in [0.5, 0.6) is 23.0 Å². The number of aliphatic hydroxyl groups excluding tert-OH is 1. The minimum atomic E-state index is -0.950. The van der Waals surface area contributed by atoms with Crippen LogP contribution in [0.4, 0.5) is 5.13 Å². The van der Waals surface area contributed by atoms with E-state index in [1.807, 2.05) is 24.3 Å². The third-order valence-electron chi connectivity index (χ3n) is 7.19. The van der Waals surface area contributed by atoms with Crippen LogP contribution < -0.4 is 23.8 Å². The van der Waals surface area contributed by atoms with Gasteiger partial charge in [0.2, 0.25) is 0 Å². The molecule has 0 radical (unpaired) electrons. The third kappa shape index (κ3) is 5.14. The van der Waals surface area contributed by atoms with Gasteiger partial charge in [0, 0.05) is 5.56 Å². The highest BCUT2D eigenvalue weighted by atomic mass is 32.1. The second kappa shape index (κ2) is 11.4. The Morgan fingerprint density at radius 3 is 2.64 bits per heavy atom. The molecule has 216 valence electrons. The van der Waals surface area contributed by atoms with E-state index in [1.54, 1.807) is 43.5 Å². The summed E-state index contributed by atoms with van der Waals surface area (Å²) in [5.41, 5.74) is 1.55. The summed E-state index contributed by atoms with van der Waals surface area (Å²) in [6, 6.07) is 16.7. The zero-order chi connectivity index (χ0) is 29.4. The minimum absolute atomic E-state index is 0.0483. The molecule has 4 aromatic rings. The van der Waals surface area contributed by atoms with Crippen molar-refractivity contribution in [1.29, 1.82) is 0 Å². The van der Waals surface area contributed by atoms with Crippen molar-refractivity contribution in [3.05, 3.63) is 77.4 Å². The summed E-state index contributed by atoms with van der Waals surface area (Å²) in [5, 5.41) is 11.9. The summed E-state index contributed by atoms with van der Waals surface area (Å²) < 4.78 is 23.5. The van der Waals surface area contributed by atoms with Crippen molar-refractivity contribution in [3.8, 4) is 23.0 Å². The quantitative estimate of drug-likeness (QED) is 0.149. The summed E-state index contributed by atoms with van der Waals surface area (Å²) in [5.74, 6) is 0.832. The highest BCUT2D eigenvalue weighted by molar-refractivity contribution is 7.22. The number of carbonyl (C=O) groups is 2. The number of aromatic nitrogens is 1. The van der Waals surface area contributed by atoms with Gasteiger partial charge in [-0.05, 0) is 66.4 Å². The van der Waals surface area contributed by atoms with Crippen molar-refractivity contribution in [2.75, 3.05) is 31.8 Å². The zero-order valence-electron chi connectivity index (χ0n) is 23.5. The van der Waals surface area contributed by atoms with E-state index in [0.29, 0.717) is 70.5 Å². The number of carbonyl (C=O) groups excluding carboxylic acids is 2. The number of amides is 1. The van der Waals surface area contributed by atoms with E-state index in [9.17, 15) is 14.7 Å². The van der Waals surface area contributed by atoms with Gasteiger partial charge in [-0.15, -0.1) is 0 Å². The van der Waals surface area contributed by atoms with Crippen LogP contribution in [0.1, 0.15) is 37.4 Å². The van der Waals surface area contributed by atoms with E-state index in [2.05, 4.69) is 13.8 Å². The lowest BCUT2D eigenvalue weighted by Gasteiger charge is -2.24. The van der Waals surface area contributed by atoms with Crippen LogP contribution >= 0.6 is 11.3 Å². The highest BCUT2D eigenvalue weighted by Crippen LogP contribution is 2.46. The number of ketones is 1. The molecule has 1 N–H and O–H groups in total. The van der Waals surface area contributed by atoms with Gasteiger partial charge < -0.3 is 24.1 Å². The van der Waals surface area contributed by atoms with Crippen molar-refractivity contribution in [2.45, 2.75) is 26.3 Å². The standard InChI is InChI=1S/C32H30N2O7S/c1-18(2)11-12-39-22-6-4-5-19(15-22)28-27(29(35)20-7-10-24-25(16-20)41-14-13-40-24)30(36)31(37)34(28)32-33-23-9-8-21(38-3)17-26(23)42-32/h4-10,15-18,28,35H,11-14H2,1-3H3. The third-order valence-corrected chi connectivity index (χ3v) is 8.21. The molecule has 10 heteroatoms. The van der Waals surface area contributed by atoms with Crippen LogP contribution in [0, 0.1) is 5.92 Å². The summed E-state index contributed by atoms with van der Waals surface area (Å²) in [7, 11) is 1.58. The second-order valence-corrected chi connectivity index (χ2v) is 11.5. The minimum Gasteiger partial charge on any atom is -0.507 e. The largest absolute Gasteiger partial charge is 0.507 e. The molecule has 0 bridgehead atoms. The molecule has 42 heavy (non-hydrogen) atoms. The van der Waals surface area contributed by atoms with E-state index in [4.69, 9.17) is 23.9 Å². The molecule has 9 nitrogen and oxygen atoms in total. The average Bonchev–Trinajstić information content (AvgIpc) is 3.53. The molecule has 0 saturated carbocycles. The second-order valence-electron chi connectivity index (χ2n) is 10.5. The summed E-state index contributed by atoms with van der Waals surface area (Å²) >= 11 is 1.27. The maximum Gasteiger partial charge on any atom is 0.301 e. The SMILES string of the molecule is COc1ccc2nc(N3C(=O)C(=O)C(=C(O)c4ccc5c(c4)OCCO5)C3c3cccc(OCCC(C)C)c3)sc2c1. The smallest absolute Gasteiger partial charge is 0.301 e. The van der Waals surface area contributed by atoms with E-state index in [0.717, 1.165) is 11.1 Å². The molecule has 2 aliphatic heterocycles. The van der Waals surface area contributed by atoms with Crippen molar-refractivity contribution in [2.24, 2.45) is 5.92 Å². The van der Waals surface area contributed by atoms with E-state index in [1.165, 1.54) is 16.2 Å². The number of methoxy groups -OCH3 is 1. The monoisotopic (exact) mass is 586 g/mol. The fraction of sp³-hybridized carbons (Fsp3) is 0.281. The Morgan fingerprint density at radius 1 is 1.05 bits per heavy atom. The van der Waals surface area contributed by atoms with Crippen molar-refractivity contribution < 1.29 is 33.6 Å². The highest BCUT2D eigenvalue weighted by Gasteiger charge is 2.48. The van der Waals surface area contributed by atoms with Crippen LogP contribution in [-0.2, 0) is 9.59 Å². The first-order valence-electron chi connectivity index (χ1n) is 13.7. The molecule has 0 spiro atoms. The fourth-order valence-electron chi connectivity index (χ4n) is 5.00. The van der Waals surface area contributed by atoms with Crippen LogP contribution in [0.25, 0.3) is 16.0 Å². The molecule has 1 fully saturated rings. The number of benzene rings is 3. The molecule has 6 rings (SSSR count). The topological polar surface area (TPSA) is 107 Å². The van der Waals surface area contributed by atoms with Crippen LogP contribution in [0.2, 0.25) is 0 Å². The summed E-state index contributed by atoms with van der Waals surface area (Å²) in [4.78, 5) is 33.4. The Hall–Kier alpha value is -4.57. The van der Waals surface area contributed by atoms with Gasteiger partial charge in [0.05, 0.1) is 35.5 Å². The number of anilines is 1. The molecule has 2 aliphatic rings. The number of fused-ring (bicyclic) bond motifs is 2. The van der Waals surface area contributed by atoms with Crippen LogP contribution in [0.3, 0.4) is 0 Å². The molecular formula is C32H30N2O7S. The molecule has 1 atom stereocenters. The van der Waals surface area contributed by atoms with Gasteiger partial charge in [-0.3, -0.25) is 14.5 Å². The van der Waals surface area contributed by atoms with Gasteiger partial charge in [0.1, 0.15) is 30.5 Å². The van der Waals surface area contributed by atoms with E-state index >= 15 is 0 Å². The number of hydrogen-bond acceptors (Lipinski definition) is 9. The Morgan fingerprint density at radius 2 is 1.86 bits per heavy atom. The molecule has 1 aromatic heterocycles. The number of aliphatic hydroxyl groups is 1. The summed E-state index contributed by atoms with van der Waals surface area (Å²) in [6.45, 7) is 5.57. The fourth-order valence-corrected chi connectivity index (χ4v) is 6.02. The Balaban J connectivity index is 1.48. The maximum atomic E-state index is 13.7. The van der Waals surface area contributed by atoms with Gasteiger partial charge in [0.15, 0.2) is 16.6 Å². The molecule has 3 heterocycles. The lowest BCUT2D eigenvalue weighted by atomic mass is 9.95. The first kappa shape index (κ1) is 27.6. The number of hydrogen-bond donors (Lipinski definition) is 1. The maximum absolute atomic E-state index is 13.7. The Bertz CT molecular complexity index is 1710. The lowest BCUT2D eigenvalue weighted by molar-refractivity contribution is -0.132. The van der Waals surface area contributed by atoms with Gasteiger partial charge in [-0.25, -0.2) is 4.98 Å².